The Morgan fingerprint density at radius 2 is 2.05 bits per heavy atom. The number of carbonyl (C=O) groups is 2. The number of fused-ring (bicyclic) bond motifs is 1. The Morgan fingerprint density at radius 1 is 1.22 bits per heavy atom. The van der Waals surface area contributed by atoms with Gasteiger partial charge in [0.15, 0.2) is 0 Å². The molecule has 37 heavy (non-hydrogen) atoms. The van der Waals surface area contributed by atoms with Gasteiger partial charge in [-0.2, -0.15) is 0 Å². The van der Waals surface area contributed by atoms with Gasteiger partial charge in [0, 0.05) is 29.2 Å². The number of hydrogen-bond donors (Lipinski definition) is 2. The van der Waals surface area contributed by atoms with E-state index in [0.29, 0.717) is 30.4 Å². The van der Waals surface area contributed by atoms with Crippen molar-refractivity contribution in [3.05, 3.63) is 52.5 Å². The summed E-state index contributed by atoms with van der Waals surface area (Å²) in [7, 11) is 2.12. The molecule has 9 heteroatoms. The van der Waals surface area contributed by atoms with Crippen molar-refractivity contribution in [3.63, 3.8) is 0 Å². The standard InChI is InChI=1S/C28H35N5O3S/c1-4-18-12-21(14-30-26(18)29)31-27(34)28(35)33-15-17(2)5-7-22(33)19-6-8-24-20(11-19)13-25(37-24)23-16-32(3)9-10-36-23/h6,8,11-14,17,22-23H,4-5,7,9-10,15-16H2,1-3H3,(H2,29,30)(H,31,34)/t17-,22+,23?/m0/s1. The normalized spacial score (nSPS) is 22.8. The molecule has 1 aromatic carbocycles. The van der Waals surface area contributed by atoms with Gasteiger partial charge in [0.05, 0.1) is 24.5 Å². The van der Waals surface area contributed by atoms with Gasteiger partial charge in [-0.15, -0.1) is 11.3 Å². The van der Waals surface area contributed by atoms with Crippen molar-refractivity contribution < 1.29 is 14.3 Å². The molecule has 196 valence electrons. The van der Waals surface area contributed by atoms with E-state index in [0.717, 1.165) is 49.1 Å². The minimum atomic E-state index is -0.648. The molecular formula is C28H35N5O3S. The largest absolute Gasteiger partial charge is 0.383 e. The first-order chi connectivity index (χ1) is 17.8. The number of likely N-dealkylation sites (N-methyl/N-ethyl adjacent to an activating group) is 1. The number of hydrogen-bond acceptors (Lipinski definition) is 7. The van der Waals surface area contributed by atoms with Crippen molar-refractivity contribution in [1.29, 1.82) is 0 Å². The van der Waals surface area contributed by atoms with E-state index in [1.54, 1.807) is 22.3 Å². The Balaban J connectivity index is 1.36. The highest BCUT2D eigenvalue weighted by Crippen LogP contribution is 2.38. The van der Waals surface area contributed by atoms with Crippen molar-refractivity contribution in [2.75, 3.05) is 44.3 Å². The van der Waals surface area contributed by atoms with Crippen LogP contribution in [0.1, 0.15) is 54.8 Å². The Bertz CT molecular complexity index is 1310. The minimum absolute atomic E-state index is 0.0907. The van der Waals surface area contributed by atoms with Crippen LogP contribution in [0.5, 0.6) is 0 Å². The maximum absolute atomic E-state index is 13.4. The molecule has 4 heterocycles. The molecule has 2 aliphatic heterocycles. The van der Waals surface area contributed by atoms with Crippen molar-refractivity contribution in [2.24, 2.45) is 5.92 Å². The minimum Gasteiger partial charge on any atom is -0.383 e. The first kappa shape index (κ1) is 25.6. The molecule has 5 rings (SSSR count). The maximum atomic E-state index is 13.4. The molecule has 2 saturated heterocycles. The first-order valence-electron chi connectivity index (χ1n) is 13.0. The lowest BCUT2D eigenvalue weighted by molar-refractivity contribution is -0.146. The smallest absolute Gasteiger partial charge is 0.313 e. The van der Waals surface area contributed by atoms with Crippen LogP contribution in [0.25, 0.3) is 10.1 Å². The van der Waals surface area contributed by atoms with Gasteiger partial charge in [0.1, 0.15) is 11.9 Å². The van der Waals surface area contributed by atoms with E-state index in [9.17, 15) is 9.59 Å². The van der Waals surface area contributed by atoms with Crippen LogP contribution < -0.4 is 11.1 Å². The summed E-state index contributed by atoms with van der Waals surface area (Å²) in [6.45, 7) is 7.23. The third-order valence-electron chi connectivity index (χ3n) is 7.44. The number of aromatic nitrogens is 1. The predicted molar refractivity (Wildman–Crippen MR) is 148 cm³/mol. The number of aryl methyl sites for hydroxylation is 1. The van der Waals surface area contributed by atoms with E-state index in [1.807, 2.05) is 6.92 Å². The summed E-state index contributed by atoms with van der Waals surface area (Å²) in [4.78, 5) is 35.8. The summed E-state index contributed by atoms with van der Waals surface area (Å²) >= 11 is 1.77. The zero-order chi connectivity index (χ0) is 26.1. The lowest BCUT2D eigenvalue weighted by Gasteiger charge is -2.38. The number of nitrogens with one attached hydrogen (secondary N) is 1. The van der Waals surface area contributed by atoms with Crippen LogP contribution in [-0.4, -0.2) is 59.9 Å². The molecule has 0 aliphatic carbocycles. The number of carbonyl (C=O) groups excluding carboxylic acids is 2. The van der Waals surface area contributed by atoms with Crippen LogP contribution in [0.2, 0.25) is 0 Å². The van der Waals surface area contributed by atoms with Gasteiger partial charge >= 0.3 is 11.8 Å². The average Bonchev–Trinajstić information content (AvgIpc) is 3.33. The maximum Gasteiger partial charge on any atom is 0.313 e. The number of piperidine rings is 1. The highest BCUT2D eigenvalue weighted by atomic mass is 32.1. The lowest BCUT2D eigenvalue weighted by Crippen LogP contribution is -2.46. The van der Waals surface area contributed by atoms with Gasteiger partial charge in [0.25, 0.3) is 0 Å². The molecule has 2 amide bonds. The van der Waals surface area contributed by atoms with Crippen LogP contribution in [0.15, 0.2) is 36.5 Å². The number of nitrogens with zero attached hydrogens (tertiary/aromatic N) is 3. The second-order valence-corrected chi connectivity index (χ2v) is 11.4. The Morgan fingerprint density at radius 3 is 2.84 bits per heavy atom. The summed E-state index contributed by atoms with van der Waals surface area (Å²) in [5.74, 6) is -0.401. The summed E-state index contributed by atoms with van der Waals surface area (Å²) in [5.41, 5.74) is 8.27. The Labute approximate surface area is 221 Å². The van der Waals surface area contributed by atoms with E-state index in [-0.39, 0.29) is 12.1 Å². The molecule has 1 unspecified atom stereocenters. The monoisotopic (exact) mass is 521 g/mol. The van der Waals surface area contributed by atoms with E-state index in [4.69, 9.17) is 10.5 Å². The summed E-state index contributed by atoms with van der Waals surface area (Å²) < 4.78 is 7.23. The van der Waals surface area contributed by atoms with Crippen LogP contribution in [-0.2, 0) is 20.7 Å². The molecule has 0 spiro atoms. The number of anilines is 2. The number of nitrogens with two attached hydrogens (primary N) is 1. The predicted octanol–water partition coefficient (Wildman–Crippen LogP) is 4.38. The summed E-state index contributed by atoms with van der Waals surface area (Å²) in [6.07, 6.45) is 4.10. The highest BCUT2D eigenvalue weighted by molar-refractivity contribution is 7.19. The lowest BCUT2D eigenvalue weighted by atomic mass is 9.89. The third-order valence-corrected chi connectivity index (χ3v) is 8.65. The van der Waals surface area contributed by atoms with E-state index in [1.165, 1.54) is 15.8 Å². The van der Waals surface area contributed by atoms with Crippen molar-refractivity contribution in [3.8, 4) is 0 Å². The number of pyridine rings is 1. The van der Waals surface area contributed by atoms with Crippen LogP contribution in [0.4, 0.5) is 11.5 Å². The zero-order valence-corrected chi connectivity index (χ0v) is 22.5. The van der Waals surface area contributed by atoms with Gasteiger partial charge in [0.2, 0.25) is 0 Å². The molecule has 0 bridgehead atoms. The number of ether oxygens (including phenoxy) is 1. The molecule has 2 fully saturated rings. The fourth-order valence-corrected chi connectivity index (χ4v) is 6.39. The van der Waals surface area contributed by atoms with Crippen LogP contribution >= 0.6 is 11.3 Å². The van der Waals surface area contributed by atoms with Crippen LogP contribution in [0, 0.1) is 5.92 Å². The third kappa shape index (κ3) is 5.49. The number of amides is 2. The fourth-order valence-electron chi connectivity index (χ4n) is 5.31. The molecule has 2 aromatic heterocycles. The van der Waals surface area contributed by atoms with E-state index in [2.05, 4.69) is 53.4 Å². The van der Waals surface area contributed by atoms with Gasteiger partial charge in [-0.1, -0.05) is 19.9 Å². The second-order valence-electron chi connectivity index (χ2n) is 10.3. The number of thiophene rings is 1. The topological polar surface area (TPSA) is 101 Å². The summed E-state index contributed by atoms with van der Waals surface area (Å²) in [6, 6.07) is 10.3. The van der Waals surface area contributed by atoms with Crippen molar-refractivity contribution in [2.45, 2.75) is 45.3 Å². The summed E-state index contributed by atoms with van der Waals surface area (Å²) in [5, 5.41) is 3.89. The Kier molecular flexibility index (Phi) is 7.46. The molecule has 3 atom stereocenters. The number of benzene rings is 1. The van der Waals surface area contributed by atoms with Crippen molar-refractivity contribution in [1.82, 2.24) is 14.8 Å². The van der Waals surface area contributed by atoms with Crippen molar-refractivity contribution >= 4 is 44.7 Å². The molecule has 8 nitrogen and oxygen atoms in total. The number of nitrogen functional groups attached to an aromatic ring is 1. The molecule has 3 aromatic rings. The first-order valence-corrected chi connectivity index (χ1v) is 13.8. The molecule has 0 radical (unpaired) electrons. The molecular weight excluding hydrogens is 486 g/mol. The highest BCUT2D eigenvalue weighted by Gasteiger charge is 2.34. The SMILES string of the molecule is CCc1cc(NC(=O)C(=O)N2C[C@@H](C)CC[C@@H]2c2ccc3sc(C4CN(C)CCO4)cc3c2)cnc1N. The molecule has 0 saturated carbocycles. The number of likely N-dealkylation sites (tertiary alicyclic amines) is 1. The van der Waals surface area contributed by atoms with Gasteiger partial charge in [-0.25, -0.2) is 4.98 Å². The average molecular weight is 522 g/mol. The van der Waals surface area contributed by atoms with Gasteiger partial charge < -0.3 is 25.6 Å². The Hall–Kier alpha value is -3.01. The van der Waals surface area contributed by atoms with Gasteiger partial charge in [-0.3, -0.25) is 9.59 Å². The van der Waals surface area contributed by atoms with E-state index < -0.39 is 11.8 Å². The van der Waals surface area contributed by atoms with Crippen LogP contribution in [0.3, 0.4) is 0 Å². The fraction of sp³-hybridized carbons (Fsp3) is 0.464. The molecule has 3 N–H and O–H groups in total. The number of rotatable bonds is 4. The van der Waals surface area contributed by atoms with E-state index >= 15 is 0 Å². The molecule has 2 aliphatic rings. The number of morpholine rings is 1. The quantitative estimate of drug-likeness (QED) is 0.494. The van der Waals surface area contributed by atoms with Gasteiger partial charge in [-0.05, 0) is 73.0 Å². The second kappa shape index (κ2) is 10.8. The zero-order valence-electron chi connectivity index (χ0n) is 21.7.